The van der Waals surface area contributed by atoms with E-state index in [1.165, 1.54) is 24.3 Å². The van der Waals surface area contributed by atoms with Crippen LogP contribution in [-0.2, 0) is 10.0 Å². The van der Waals surface area contributed by atoms with Gasteiger partial charge in [0, 0.05) is 12.1 Å². The first-order valence-corrected chi connectivity index (χ1v) is 7.90. The maximum Gasteiger partial charge on any atom is 0.289 e. The second-order valence-electron chi connectivity index (χ2n) is 4.88. The van der Waals surface area contributed by atoms with Gasteiger partial charge in [-0.3, -0.25) is 10.1 Å². The van der Waals surface area contributed by atoms with Crippen molar-refractivity contribution in [2.45, 2.75) is 30.2 Å². The molecule has 0 unspecified atom stereocenters. The van der Waals surface area contributed by atoms with Gasteiger partial charge in [-0.15, -0.1) is 0 Å². The van der Waals surface area contributed by atoms with E-state index in [0.717, 1.165) is 12.8 Å². The molecule has 110 valence electrons. The highest BCUT2D eigenvalue weighted by molar-refractivity contribution is 7.89. The summed E-state index contributed by atoms with van der Waals surface area (Å²) in [5.41, 5.74) is 5.20. The van der Waals surface area contributed by atoms with Crippen LogP contribution in [-0.4, -0.2) is 25.9 Å². The van der Waals surface area contributed by atoms with Crippen molar-refractivity contribution in [1.29, 1.82) is 0 Å². The number of nitro groups is 1. The second kappa shape index (κ2) is 5.86. The molecule has 1 aliphatic rings. The summed E-state index contributed by atoms with van der Waals surface area (Å²) < 4.78 is 27.2. The topological polar surface area (TPSA) is 115 Å². The smallest absolute Gasteiger partial charge is 0.289 e. The zero-order chi connectivity index (χ0) is 14.8. The van der Waals surface area contributed by atoms with Gasteiger partial charge in [0.2, 0.25) is 10.0 Å². The van der Waals surface area contributed by atoms with E-state index in [4.69, 9.17) is 5.73 Å². The summed E-state index contributed by atoms with van der Waals surface area (Å²) in [7, 11) is -3.91. The quantitative estimate of drug-likeness (QED) is 0.621. The van der Waals surface area contributed by atoms with E-state index < -0.39 is 20.6 Å². The number of sulfonamides is 1. The third kappa shape index (κ3) is 2.97. The highest BCUT2D eigenvalue weighted by Gasteiger charge is 2.33. The van der Waals surface area contributed by atoms with E-state index in [2.05, 4.69) is 4.72 Å². The van der Waals surface area contributed by atoms with Crippen LogP contribution in [0.3, 0.4) is 0 Å². The van der Waals surface area contributed by atoms with Crippen molar-refractivity contribution in [3.8, 4) is 0 Å². The van der Waals surface area contributed by atoms with E-state index >= 15 is 0 Å². The summed E-state index contributed by atoms with van der Waals surface area (Å²) >= 11 is 0. The zero-order valence-electron chi connectivity index (χ0n) is 10.9. The first-order chi connectivity index (χ1) is 9.45. The van der Waals surface area contributed by atoms with E-state index in [1.54, 1.807) is 0 Å². The number of rotatable bonds is 5. The van der Waals surface area contributed by atoms with Crippen LogP contribution in [0.15, 0.2) is 29.2 Å². The molecule has 1 aliphatic carbocycles. The minimum Gasteiger partial charge on any atom is -0.330 e. The molecule has 1 saturated carbocycles. The van der Waals surface area contributed by atoms with E-state index in [1.807, 2.05) is 0 Å². The van der Waals surface area contributed by atoms with Crippen LogP contribution in [0.5, 0.6) is 0 Å². The Morgan fingerprint density at radius 1 is 1.35 bits per heavy atom. The molecular formula is C12H17N3O4S. The number of nitrogens with two attached hydrogens (primary N) is 1. The van der Waals surface area contributed by atoms with Gasteiger partial charge in [-0.2, -0.15) is 0 Å². The Bertz CT molecular complexity index is 602. The van der Waals surface area contributed by atoms with Crippen LogP contribution < -0.4 is 10.5 Å². The molecule has 8 heteroatoms. The second-order valence-corrected chi connectivity index (χ2v) is 6.56. The fourth-order valence-corrected chi connectivity index (χ4v) is 4.08. The molecule has 2 atom stereocenters. The van der Waals surface area contributed by atoms with Crippen molar-refractivity contribution < 1.29 is 13.3 Å². The minimum atomic E-state index is -3.91. The Hall–Kier alpha value is -1.51. The summed E-state index contributed by atoms with van der Waals surface area (Å²) in [6.45, 7) is 0.407. The van der Waals surface area contributed by atoms with Gasteiger partial charge in [-0.05, 0) is 31.4 Å². The van der Waals surface area contributed by atoms with Gasteiger partial charge in [-0.1, -0.05) is 18.6 Å². The van der Waals surface area contributed by atoms with Crippen LogP contribution in [0.4, 0.5) is 5.69 Å². The van der Waals surface area contributed by atoms with Crippen molar-refractivity contribution in [2.75, 3.05) is 6.54 Å². The predicted molar refractivity (Wildman–Crippen MR) is 73.6 cm³/mol. The van der Waals surface area contributed by atoms with Gasteiger partial charge in [0.05, 0.1) is 4.92 Å². The van der Waals surface area contributed by atoms with Crippen molar-refractivity contribution in [2.24, 2.45) is 11.7 Å². The van der Waals surface area contributed by atoms with Crippen molar-refractivity contribution >= 4 is 15.7 Å². The first kappa shape index (κ1) is 14.9. The molecule has 0 radical (unpaired) electrons. The summed E-state index contributed by atoms with van der Waals surface area (Å²) in [6.07, 6.45) is 2.49. The van der Waals surface area contributed by atoms with Gasteiger partial charge < -0.3 is 5.73 Å². The molecule has 0 saturated heterocycles. The van der Waals surface area contributed by atoms with Crippen LogP contribution in [0.25, 0.3) is 0 Å². The summed E-state index contributed by atoms with van der Waals surface area (Å²) in [5, 5.41) is 10.9. The van der Waals surface area contributed by atoms with Gasteiger partial charge in [0.25, 0.3) is 5.69 Å². The molecule has 2 rings (SSSR count). The molecule has 1 aromatic carbocycles. The highest BCUT2D eigenvalue weighted by Crippen LogP contribution is 2.28. The molecule has 7 nitrogen and oxygen atoms in total. The molecule has 20 heavy (non-hydrogen) atoms. The fourth-order valence-electron chi connectivity index (χ4n) is 2.57. The Labute approximate surface area is 117 Å². The predicted octanol–water partition coefficient (Wildman–Crippen LogP) is 1.00. The average molecular weight is 299 g/mol. The maximum absolute atomic E-state index is 12.3. The lowest BCUT2D eigenvalue weighted by molar-refractivity contribution is -0.387. The lowest BCUT2D eigenvalue weighted by Gasteiger charge is -2.19. The lowest BCUT2D eigenvalue weighted by Crippen LogP contribution is -2.39. The van der Waals surface area contributed by atoms with Crippen molar-refractivity contribution in [3.63, 3.8) is 0 Å². The average Bonchev–Trinajstić information content (AvgIpc) is 2.85. The SMILES string of the molecule is NC[C@@H]1CCC[C@H]1NS(=O)(=O)c1ccccc1[N+](=O)[O-]. The Balaban J connectivity index is 2.29. The van der Waals surface area contributed by atoms with E-state index in [9.17, 15) is 18.5 Å². The van der Waals surface area contributed by atoms with Crippen molar-refractivity contribution in [3.05, 3.63) is 34.4 Å². The Morgan fingerprint density at radius 2 is 2.05 bits per heavy atom. The highest BCUT2D eigenvalue weighted by atomic mass is 32.2. The Kier molecular flexibility index (Phi) is 4.36. The zero-order valence-corrected chi connectivity index (χ0v) is 11.7. The molecule has 0 bridgehead atoms. The Morgan fingerprint density at radius 3 is 2.70 bits per heavy atom. The fraction of sp³-hybridized carbons (Fsp3) is 0.500. The molecule has 1 fully saturated rings. The maximum atomic E-state index is 12.3. The summed E-state index contributed by atoms with van der Waals surface area (Å²) in [4.78, 5) is 9.93. The van der Waals surface area contributed by atoms with Gasteiger partial charge in [0.1, 0.15) is 0 Å². The minimum absolute atomic E-state index is 0.0903. The molecule has 0 spiro atoms. The van der Waals surface area contributed by atoms with E-state index in [0.29, 0.717) is 13.0 Å². The lowest BCUT2D eigenvalue weighted by atomic mass is 10.1. The summed E-state index contributed by atoms with van der Waals surface area (Å²) in [6, 6.07) is 5.09. The number of hydrogen-bond acceptors (Lipinski definition) is 5. The van der Waals surface area contributed by atoms with Gasteiger partial charge >= 0.3 is 0 Å². The van der Waals surface area contributed by atoms with Crippen LogP contribution in [0, 0.1) is 16.0 Å². The molecular weight excluding hydrogens is 282 g/mol. The summed E-state index contributed by atoms with van der Waals surface area (Å²) in [5.74, 6) is 0.0903. The molecule has 0 aromatic heterocycles. The number of nitrogens with zero attached hydrogens (tertiary/aromatic N) is 1. The first-order valence-electron chi connectivity index (χ1n) is 6.41. The van der Waals surface area contributed by atoms with Crippen molar-refractivity contribution in [1.82, 2.24) is 4.72 Å². The largest absolute Gasteiger partial charge is 0.330 e. The standard InChI is InChI=1S/C12H17N3O4S/c13-8-9-4-3-5-10(9)14-20(18,19)12-7-2-1-6-11(12)15(16)17/h1-2,6-7,9-10,14H,3-5,8,13H2/t9-,10+/m0/s1. The molecule has 1 aromatic rings. The number of benzene rings is 1. The van der Waals surface area contributed by atoms with E-state index in [-0.39, 0.29) is 16.9 Å². The normalized spacial score (nSPS) is 22.9. The third-order valence-corrected chi connectivity index (χ3v) is 5.16. The van der Waals surface area contributed by atoms with Crippen LogP contribution >= 0.6 is 0 Å². The van der Waals surface area contributed by atoms with Crippen LogP contribution in [0.2, 0.25) is 0 Å². The number of nitrogens with one attached hydrogen (secondary N) is 1. The van der Waals surface area contributed by atoms with Crippen LogP contribution in [0.1, 0.15) is 19.3 Å². The van der Waals surface area contributed by atoms with Gasteiger partial charge in [-0.25, -0.2) is 13.1 Å². The molecule has 0 amide bonds. The number of para-hydroxylation sites is 1. The third-order valence-electron chi connectivity index (χ3n) is 3.62. The molecule has 0 aliphatic heterocycles. The monoisotopic (exact) mass is 299 g/mol. The van der Waals surface area contributed by atoms with Gasteiger partial charge in [0.15, 0.2) is 4.90 Å². The molecule has 3 N–H and O–H groups in total. The number of hydrogen-bond donors (Lipinski definition) is 2. The number of nitro benzene ring substituents is 1. The molecule has 0 heterocycles.